The van der Waals surface area contributed by atoms with E-state index < -0.39 is 12.1 Å². The van der Waals surface area contributed by atoms with Gasteiger partial charge in [0.15, 0.2) is 5.78 Å². The molecule has 1 aromatic carbocycles. The molecule has 0 aliphatic heterocycles. The Balaban J connectivity index is 2.30. The van der Waals surface area contributed by atoms with Crippen LogP contribution in [0.4, 0.5) is 4.79 Å². The van der Waals surface area contributed by atoms with Gasteiger partial charge in [-0.25, -0.2) is 4.79 Å². The van der Waals surface area contributed by atoms with Crippen LogP contribution in [0.3, 0.4) is 0 Å². The summed E-state index contributed by atoms with van der Waals surface area (Å²) in [7, 11) is 2.91. The summed E-state index contributed by atoms with van der Waals surface area (Å²) in [6.07, 6.45) is 2.25. The second-order valence-corrected chi connectivity index (χ2v) is 4.98. The van der Waals surface area contributed by atoms with Gasteiger partial charge in [0.2, 0.25) is 0 Å². The highest BCUT2D eigenvalue weighted by molar-refractivity contribution is 5.89. The summed E-state index contributed by atoms with van der Waals surface area (Å²) in [6, 6.07) is 7.39. The number of H-pyrrole nitrogens is 1. The van der Waals surface area contributed by atoms with E-state index in [0.717, 1.165) is 16.5 Å². The second-order valence-electron chi connectivity index (χ2n) is 4.98. The number of Topliss-reactive ketones (excluding diaryl/α,β-unsaturated/α-hetero) is 1. The molecule has 0 saturated carbocycles. The fourth-order valence-electron chi connectivity index (χ4n) is 2.48. The number of carbonyl (C=O) groups is 2. The molecule has 0 spiro atoms. The van der Waals surface area contributed by atoms with Crippen LogP contribution in [0.25, 0.3) is 10.9 Å². The summed E-state index contributed by atoms with van der Waals surface area (Å²) in [5.74, 6) is 0.0215. The van der Waals surface area contributed by atoms with Crippen molar-refractivity contribution in [1.82, 2.24) is 9.88 Å². The molecule has 2 aromatic rings. The standard InChI is InChI=1S/C16H20N2O3/c1-4-15(19)14(18(2)16(20)21-3)9-11-10-17-13-8-6-5-7-12(11)13/h5-8,10,14,17H,4,9H2,1-3H3/t14-/m0/s1. The van der Waals surface area contributed by atoms with Gasteiger partial charge in [-0.05, 0) is 11.6 Å². The molecule has 1 amide bonds. The lowest BCUT2D eigenvalue weighted by Crippen LogP contribution is -2.43. The van der Waals surface area contributed by atoms with Gasteiger partial charge in [0.1, 0.15) is 0 Å². The smallest absolute Gasteiger partial charge is 0.409 e. The number of fused-ring (bicyclic) bond motifs is 1. The zero-order valence-electron chi connectivity index (χ0n) is 12.6. The van der Waals surface area contributed by atoms with Gasteiger partial charge in [-0.15, -0.1) is 0 Å². The first-order valence-electron chi connectivity index (χ1n) is 6.97. The van der Waals surface area contributed by atoms with E-state index in [1.54, 1.807) is 14.0 Å². The molecule has 2 rings (SSSR count). The molecule has 0 bridgehead atoms. The molecule has 1 N–H and O–H groups in total. The Morgan fingerprint density at radius 2 is 2.05 bits per heavy atom. The minimum absolute atomic E-state index is 0.0215. The Morgan fingerprint density at radius 3 is 2.71 bits per heavy atom. The zero-order valence-corrected chi connectivity index (χ0v) is 12.6. The number of amides is 1. The molecular formula is C16H20N2O3. The highest BCUT2D eigenvalue weighted by atomic mass is 16.5. The second kappa shape index (κ2) is 6.43. The van der Waals surface area contributed by atoms with Crippen LogP contribution in [-0.4, -0.2) is 42.0 Å². The SMILES string of the molecule is CCC(=O)[C@H](Cc1c[nH]c2ccccc12)N(C)C(=O)OC. The number of nitrogens with one attached hydrogen (secondary N) is 1. The third-order valence-corrected chi connectivity index (χ3v) is 3.74. The predicted octanol–water partition coefficient (Wildman–Crippen LogP) is 2.76. The number of aromatic nitrogens is 1. The zero-order chi connectivity index (χ0) is 15.4. The molecule has 21 heavy (non-hydrogen) atoms. The summed E-state index contributed by atoms with van der Waals surface area (Å²) < 4.78 is 4.72. The molecule has 1 aromatic heterocycles. The maximum Gasteiger partial charge on any atom is 0.409 e. The van der Waals surface area contributed by atoms with Gasteiger partial charge in [0.25, 0.3) is 0 Å². The molecule has 0 aliphatic rings. The van der Waals surface area contributed by atoms with E-state index in [9.17, 15) is 9.59 Å². The van der Waals surface area contributed by atoms with E-state index in [1.807, 2.05) is 30.5 Å². The van der Waals surface area contributed by atoms with E-state index >= 15 is 0 Å². The topological polar surface area (TPSA) is 62.4 Å². The highest BCUT2D eigenvalue weighted by Gasteiger charge is 2.27. The average molecular weight is 288 g/mol. The number of hydrogen-bond acceptors (Lipinski definition) is 3. The quantitative estimate of drug-likeness (QED) is 0.920. The Labute approximate surface area is 123 Å². The first-order chi connectivity index (χ1) is 10.1. The molecule has 5 heteroatoms. The minimum atomic E-state index is -0.512. The Bertz CT molecular complexity index is 648. The molecular weight excluding hydrogens is 268 g/mol. The number of nitrogens with zero attached hydrogens (tertiary/aromatic N) is 1. The van der Waals surface area contributed by atoms with Gasteiger partial charge >= 0.3 is 6.09 Å². The van der Waals surface area contributed by atoms with Crippen LogP contribution in [-0.2, 0) is 16.0 Å². The van der Waals surface area contributed by atoms with Gasteiger partial charge in [-0.1, -0.05) is 25.1 Å². The molecule has 0 unspecified atom stereocenters. The maximum atomic E-state index is 12.2. The number of methoxy groups -OCH3 is 1. The van der Waals surface area contributed by atoms with Gasteiger partial charge in [0, 0.05) is 37.0 Å². The van der Waals surface area contributed by atoms with Crippen LogP contribution < -0.4 is 0 Å². The van der Waals surface area contributed by atoms with E-state index in [4.69, 9.17) is 4.74 Å². The van der Waals surface area contributed by atoms with Crippen molar-refractivity contribution in [2.24, 2.45) is 0 Å². The lowest BCUT2D eigenvalue weighted by Gasteiger charge is -2.25. The number of ether oxygens (including phenoxy) is 1. The summed E-state index contributed by atoms with van der Waals surface area (Å²) in [4.78, 5) is 28.4. The Kier molecular flexibility index (Phi) is 4.62. The number of aromatic amines is 1. The molecule has 0 aliphatic carbocycles. The van der Waals surface area contributed by atoms with Crippen LogP contribution in [0.5, 0.6) is 0 Å². The van der Waals surface area contributed by atoms with E-state index in [-0.39, 0.29) is 5.78 Å². The number of benzene rings is 1. The van der Waals surface area contributed by atoms with Crippen molar-refractivity contribution in [3.05, 3.63) is 36.0 Å². The van der Waals surface area contributed by atoms with Crippen LogP contribution in [0.15, 0.2) is 30.5 Å². The molecule has 1 atom stereocenters. The van der Waals surface area contributed by atoms with Crippen LogP contribution in [0.1, 0.15) is 18.9 Å². The van der Waals surface area contributed by atoms with Crippen LogP contribution in [0.2, 0.25) is 0 Å². The number of rotatable bonds is 5. The average Bonchev–Trinajstić information content (AvgIpc) is 2.93. The number of likely N-dealkylation sites (N-methyl/N-ethyl adjacent to an activating group) is 1. The van der Waals surface area contributed by atoms with Crippen LogP contribution >= 0.6 is 0 Å². The van der Waals surface area contributed by atoms with Gasteiger partial charge in [-0.2, -0.15) is 0 Å². The Morgan fingerprint density at radius 1 is 1.33 bits per heavy atom. The number of hydrogen-bond donors (Lipinski definition) is 1. The van der Waals surface area contributed by atoms with Crippen molar-refractivity contribution in [2.75, 3.05) is 14.2 Å². The van der Waals surface area contributed by atoms with Crippen molar-refractivity contribution in [2.45, 2.75) is 25.8 Å². The van der Waals surface area contributed by atoms with E-state index in [2.05, 4.69) is 4.98 Å². The maximum absolute atomic E-state index is 12.2. The summed E-state index contributed by atoms with van der Waals surface area (Å²) in [5.41, 5.74) is 2.05. The molecule has 0 saturated heterocycles. The molecule has 112 valence electrons. The summed E-state index contributed by atoms with van der Waals surface area (Å²) in [6.45, 7) is 1.80. The van der Waals surface area contributed by atoms with E-state index in [1.165, 1.54) is 12.0 Å². The van der Waals surface area contributed by atoms with Gasteiger partial charge < -0.3 is 14.6 Å². The highest BCUT2D eigenvalue weighted by Crippen LogP contribution is 2.21. The van der Waals surface area contributed by atoms with Crippen LogP contribution in [0, 0.1) is 0 Å². The fraction of sp³-hybridized carbons (Fsp3) is 0.375. The lowest BCUT2D eigenvalue weighted by atomic mass is 9.99. The molecule has 1 heterocycles. The minimum Gasteiger partial charge on any atom is -0.453 e. The van der Waals surface area contributed by atoms with E-state index in [0.29, 0.717) is 12.8 Å². The molecule has 5 nitrogen and oxygen atoms in total. The first kappa shape index (κ1) is 15.1. The third-order valence-electron chi connectivity index (χ3n) is 3.74. The van der Waals surface area contributed by atoms with Crippen molar-refractivity contribution in [3.63, 3.8) is 0 Å². The third kappa shape index (κ3) is 3.07. The monoisotopic (exact) mass is 288 g/mol. The number of ketones is 1. The number of carbonyl (C=O) groups excluding carboxylic acids is 2. The summed E-state index contributed by atoms with van der Waals surface area (Å²) >= 11 is 0. The van der Waals surface area contributed by atoms with Gasteiger partial charge in [0.05, 0.1) is 13.2 Å². The first-order valence-corrected chi connectivity index (χ1v) is 6.97. The lowest BCUT2D eigenvalue weighted by molar-refractivity contribution is -0.123. The van der Waals surface area contributed by atoms with Gasteiger partial charge in [-0.3, -0.25) is 4.79 Å². The number of para-hydroxylation sites is 1. The Hall–Kier alpha value is -2.30. The van der Waals surface area contributed by atoms with Crippen molar-refractivity contribution in [3.8, 4) is 0 Å². The van der Waals surface area contributed by atoms with Crippen molar-refractivity contribution in [1.29, 1.82) is 0 Å². The molecule has 0 fully saturated rings. The van der Waals surface area contributed by atoms with Crippen molar-refractivity contribution >= 4 is 22.8 Å². The molecule has 0 radical (unpaired) electrons. The predicted molar refractivity (Wildman–Crippen MR) is 81.3 cm³/mol. The van der Waals surface area contributed by atoms with Crippen molar-refractivity contribution < 1.29 is 14.3 Å². The normalized spacial score (nSPS) is 12.1. The summed E-state index contributed by atoms with van der Waals surface area (Å²) in [5, 5.41) is 1.07. The largest absolute Gasteiger partial charge is 0.453 e. The fourth-order valence-corrected chi connectivity index (χ4v) is 2.48.